The number of anilines is 1. The molecule has 0 unspecified atom stereocenters. The van der Waals surface area contributed by atoms with Crippen molar-refractivity contribution in [1.29, 1.82) is 0 Å². The van der Waals surface area contributed by atoms with Crippen molar-refractivity contribution in [2.24, 2.45) is 0 Å². The number of amides is 1. The molecule has 0 aromatic heterocycles. The average molecular weight is 464 g/mol. The Kier molecular flexibility index (Phi) is 7.86. The summed E-state index contributed by atoms with van der Waals surface area (Å²) in [5.74, 6) is -0.748. The van der Waals surface area contributed by atoms with Crippen LogP contribution in [0.1, 0.15) is 35.3 Å². The lowest BCUT2D eigenvalue weighted by Crippen LogP contribution is -2.38. The normalized spacial score (nSPS) is 14.6. The number of benzene rings is 2. The van der Waals surface area contributed by atoms with Crippen molar-refractivity contribution >= 4 is 21.6 Å². The first kappa shape index (κ1) is 24.2. The van der Waals surface area contributed by atoms with Gasteiger partial charge in [0.2, 0.25) is 10.0 Å². The summed E-state index contributed by atoms with van der Waals surface area (Å²) >= 11 is 0. The van der Waals surface area contributed by atoms with Crippen LogP contribution in [0.25, 0.3) is 0 Å². The largest absolute Gasteiger partial charge is 0.378 e. The number of aryl methyl sites for hydroxylation is 1. The number of halogens is 1. The van der Waals surface area contributed by atoms with E-state index in [0.29, 0.717) is 56.2 Å². The van der Waals surface area contributed by atoms with Crippen LogP contribution >= 0.6 is 0 Å². The maximum atomic E-state index is 13.9. The zero-order chi connectivity index (χ0) is 23.3. The highest BCUT2D eigenvalue weighted by molar-refractivity contribution is 7.89. The molecule has 0 saturated carbocycles. The Labute approximate surface area is 189 Å². The van der Waals surface area contributed by atoms with Gasteiger partial charge in [0.25, 0.3) is 5.91 Å². The molecule has 2 aromatic carbocycles. The van der Waals surface area contributed by atoms with E-state index in [0.717, 1.165) is 0 Å². The Morgan fingerprint density at radius 1 is 1.12 bits per heavy atom. The van der Waals surface area contributed by atoms with Crippen molar-refractivity contribution < 1.29 is 22.3 Å². The molecule has 174 valence electrons. The van der Waals surface area contributed by atoms with Crippen LogP contribution in [0.15, 0.2) is 41.3 Å². The van der Waals surface area contributed by atoms with Gasteiger partial charge in [0.1, 0.15) is 5.82 Å². The molecule has 9 heteroatoms. The molecule has 32 heavy (non-hydrogen) atoms. The van der Waals surface area contributed by atoms with E-state index in [1.165, 1.54) is 16.4 Å². The first-order chi connectivity index (χ1) is 15.3. The second-order valence-corrected chi connectivity index (χ2v) is 9.57. The molecule has 7 nitrogen and oxygen atoms in total. The van der Waals surface area contributed by atoms with Gasteiger partial charge in [-0.05, 0) is 42.3 Å². The molecule has 1 aliphatic heterocycles. The molecule has 3 rings (SSSR count). The van der Waals surface area contributed by atoms with Crippen molar-refractivity contribution in [2.75, 3.05) is 44.3 Å². The van der Waals surface area contributed by atoms with Gasteiger partial charge in [0.15, 0.2) is 0 Å². The van der Waals surface area contributed by atoms with Crippen LogP contribution in [0.3, 0.4) is 0 Å². The highest BCUT2D eigenvalue weighted by atomic mass is 32.2. The first-order valence-electron chi connectivity index (χ1n) is 10.8. The number of hydrogen-bond donors (Lipinski definition) is 1. The number of sulfonamides is 1. The third-order valence-electron chi connectivity index (χ3n) is 5.60. The van der Waals surface area contributed by atoms with Crippen LogP contribution in [0.5, 0.6) is 0 Å². The van der Waals surface area contributed by atoms with Gasteiger partial charge in [0, 0.05) is 38.4 Å². The lowest BCUT2D eigenvalue weighted by Gasteiger charge is -2.30. The third kappa shape index (κ3) is 5.28. The first-order valence-corrected chi connectivity index (χ1v) is 12.2. The molecule has 0 bridgehead atoms. The number of ether oxygens (including phenoxy) is 1. The fourth-order valence-corrected chi connectivity index (χ4v) is 5.16. The monoisotopic (exact) mass is 463 g/mol. The van der Waals surface area contributed by atoms with Crippen molar-refractivity contribution in [1.82, 2.24) is 9.62 Å². The van der Waals surface area contributed by atoms with Crippen molar-refractivity contribution in [2.45, 2.75) is 32.2 Å². The standard InChI is InChI=1S/C23H30FN3O4S/c1-4-27(5-2)32(29,30)19-8-9-22(26-10-12-31-13-11-26)20(15-19)23(28)25-16-18-7-6-17(3)21(24)14-18/h6-9,14-15H,4-5,10-13,16H2,1-3H3,(H,25,28). The van der Waals surface area contributed by atoms with Crippen molar-refractivity contribution in [3.63, 3.8) is 0 Å². The summed E-state index contributed by atoms with van der Waals surface area (Å²) in [6.45, 7) is 8.30. The van der Waals surface area contributed by atoms with Gasteiger partial charge in [-0.1, -0.05) is 26.0 Å². The third-order valence-corrected chi connectivity index (χ3v) is 7.64. The van der Waals surface area contributed by atoms with E-state index in [9.17, 15) is 17.6 Å². The molecule has 0 spiro atoms. The Bertz CT molecular complexity index is 1060. The van der Waals surface area contributed by atoms with Gasteiger partial charge >= 0.3 is 0 Å². The van der Waals surface area contributed by atoms with Crippen molar-refractivity contribution in [3.8, 4) is 0 Å². The molecule has 1 fully saturated rings. The summed E-state index contributed by atoms with van der Waals surface area (Å²) in [5.41, 5.74) is 2.08. The number of hydrogen-bond acceptors (Lipinski definition) is 5. The zero-order valence-electron chi connectivity index (χ0n) is 18.7. The number of carbonyl (C=O) groups excluding carboxylic acids is 1. The summed E-state index contributed by atoms with van der Waals surface area (Å²) < 4.78 is 46.7. The highest BCUT2D eigenvalue weighted by Gasteiger charge is 2.26. The zero-order valence-corrected chi connectivity index (χ0v) is 19.5. The molecule has 1 amide bonds. The maximum Gasteiger partial charge on any atom is 0.253 e. The van der Waals surface area contributed by atoms with Gasteiger partial charge in [0.05, 0.1) is 23.7 Å². The lowest BCUT2D eigenvalue weighted by molar-refractivity contribution is 0.0949. The fourth-order valence-electron chi connectivity index (χ4n) is 3.67. The number of nitrogens with zero attached hydrogens (tertiary/aromatic N) is 2. The smallest absolute Gasteiger partial charge is 0.253 e. The summed E-state index contributed by atoms with van der Waals surface area (Å²) in [7, 11) is -3.72. The van der Waals surface area contributed by atoms with Crippen molar-refractivity contribution in [3.05, 3.63) is 58.9 Å². The molecule has 0 aliphatic carbocycles. The quantitative estimate of drug-likeness (QED) is 0.651. The van der Waals surface area contributed by atoms with E-state index in [1.807, 2.05) is 4.90 Å². The lowest BCUT2D eigenvalue weighted by atomic mass is 10.1. The Hall–Kier alpha value is -2.49. The molecular formula is C23H30FN3O4S. The van der Waals surface area contributed by atoms with E-state index in [-0.39, 0.29) is 22.8 Å². The summed E-state index contributed by atoms with van der Waals surface area (Å²) in [6, 6.07) is 9.46. The minimum atomic E-state index is -3.72. The summed E-state index contributed by atoms with van der Waals surface area (Å²) in [4.78, 5) is 15.2. The van der Waals surface area contributed by atoms with Crippen LogP contribution < -0.4 is 10.2 Å². The number of rotatable bonds is 8. The minimum absolute atomic E-state index is 0.0738. The van der Waals surface area contributed by atoms with Gasteiger partial charge < -0.3 is 15.0 Å². The summed E-state index contributed by atoms with van der Waals surface area (Å²) in [5, 5.41) is 2.81. The molecule has 1 heterocycles. The number of carbonyl (C=O) groups is 1. The van der Waals surface area contributed by atoms with E-state index < -0.39 is 15.9 Å². The second kappa shape index (κ2) is 10.4. The van der Waals surface area contributed by atoms with Crippen LogP contribution in [-0.4, -0.2) is 58.0 Å². The van der Waals surface area contributed by atoms with Crippen LogP contribution in [-0.2, 0) is 21.3 Å². The van der Waals surface area contributed by atoms with Gasteiger partial charge in [-0.2, -0.15) is 4.31 Å². The van der Waals surface area contributed by atoms with Gasteiger partial charge in [-0.25, -0.2) is 12.8 Å². The highest BCUT2D eigenvalue weighted by Crippen LogP contribution is 2.27. The summed E-state index contributed by atoms with van der Waals surface area (Å²) in [6.07, 6.45) is 0. The average Bonchev–Trinajstić information content (AvgIpc) is 2.80. The maximum absolute atomic E-state index is 13.9. The number of morpholine rings is 1. The molecule has 0 radical (unpaired) electrons. The van der Waals surface area contributed by atoms with E-state index >= 15 is 0 Å². The van der Waals surface area contributed by atoms with E-state index in [1.54, 1.807) is 45.0 Å². The fraction of sp³-hybridized carbons (Fsp3) is 0.435. The van der Waals surface area contributed by atoms with Gasteiger partial charge in [-0.3, -0.25) is 4.79 Å². The molecule has 1 N–H and O–H groups in total. The van der Waals surface area contributed by atoms with E-state index in [4.69, 9.17) is 4.74 Å². The SMILES string of the molecule is CCN(CC)S(=O)(=O)c1ccc(N2CCOCC2)c(C(=O)NCc2ccc(C)c(F)c2)c1. The Morgan fingerprint density at radius 2 is 1.81 bits per heavy atom. The van der Waals surface area contributed by atoms with Gasteiger partial charge in [-0.15, -0.1) is 0 Å². The second-order valence-electron chi connectivity index (χ2n) is 7.63. The van der Waals surface area contributed by atoms with Crippen LogP contribution in [0.2, 0.25) is 0 Å². The van der Waals surface area contributed by atoms with E-state index in [2.05, 4.69) is 5.32 Å². The molecule has 2 aromatic rings. The molecule has 1 saturated heterocycles. The molecule has 0 atom stereocenters. The number of nitrogens with one attached hydrogen (secondary N) is 1. The molecule has 1 aliphatic rings. The Balaban J connectivity index is 1.93. The minimum Gasteiger partial charge on any atom is -0.378 e. The van der Waals surface area contributed by atoms with Crippen LogP contribution in [0, 0.1) is 12.7 Å². The predicted octanol–water partition coefficient (Wildman–Crippen LogP) is 2.93. The Morgan fingerprint density at radius 3 is 2.44 bits per heavy atom. The molecular weight excluding hydrogens is 433 g/mol. The topological polar surface area (TPSA) is 79.0 Å². The van der Waals surface area contributed by atoms with Crippen LogP contribution in [0.4, 0.5) is 10.1 Å². The predicted molar refractivity (Wildman–Crippen MR) is 122 cm³/mol.